The van der Waals surface area contributed by atoms with E-state index in [0.29, 0.717) is 5.00 Å². The summed E-state index contributed by atoms with van der Waals surface area (Å²) in [6.45, 7) is 2.80. The first-order valence-electron chi connectivity index (χ1n) is 5.23. The van der Waals surface area contributed by atoms with Gasteiger partial charge in [0.1, 0.15) is 5.00 Å². The standard InChI is InChI=1S/C10H14N2O3S/c1-6(7-3-2-4-15-7)12-9-8(10(13)14)11-5-16-9/h5-7,12H,2-4H2,1H3,(H,13,14). The summed E-state index contributed by atoms with van der Waals surface area (Å²) >= 11 is 1.31. The van der Waals surface area contributed by atoms with Crippen LogP contribution in [0.15, 0.2) is 5.51 Å². The summed E-state index contributed by atoms with van der Waals surface area (Å²) in [7, 11) is 0. The molecule has 2 atom stereocenters. The van der Waals surface area contributed by atoms with Crippen molar-refractivity contribution in [1.29, 1.82) is 0 Å². The molecule has 1 aromatic rings. The summed E-state index contributed by atoms with van der Waals surface area (Å²) in [5, 5.41) is 12.7. The number of nitrogens with zero attached hydrogens (tertiary/aromatic N) is 1. The molecule has 5 nitrogen and oxygen atoms in total. The molecule has 2 heterocycles. The quantitative estimate of drug-likeness (QED) is 0.842. The van der Waals surface area contributed by atoms with E-state index >= 15 is 0 Å². The zero-order valence-electron chi connectivity index (χ0n) is 8.97. The lowest BCUT2D eigenvalue weighted by Gasteiger charge is -2.20. The largest absolute Gasteiger partial charge is 0.476 e. The van der Waals surface area contributed by atoms with Crippen molar-refractivity contribution in [2.24, 2.45) is 0 Å². The summed E-state index contributed by atoms with van der Waals surface area (Å²) in [6, 6.07) is 0.112. The van der Waals surface area contributed by atoms with Crippen LogP contribution in [0, 0.1) is 0 Å². The van der Waals surface area contributed by atoms with Gasteiger partial charge >= 0.3 is 5.97 Å². The molecule has 0 spiro atoms. The fourth-order valence-electron chi connectivity index (χ4n) is 1.80. The van der Waals surface area contributed by atoms with Gasteiger partial charge in [0.05, 0.1) is 17.7 Å². The topological polar surface area (TPSA) is 71.5 Å². The van der Waals surface area contributed by atoms with Crippen LogP contribution in [0.2, 0.25) is 0 Å². The Kier molecular flexibility index (Phi) is 3.40. The normalized spacial score (nSPS) is 21.9. The van der Waals surface area contributed by atoms with Crippen LogP contribution in [0.5, 0.6) is 0 Å². The Morgan fingerprint density at radius 2 is 2.62 bits per heavy atom. The zero-order valence-corrected chi connectivity index (χ0v) is 9.79. The van der Waals surface area contributed by atoms with Crippen molar-refractivity contribution >= 4 is 22.3 Å². The Morgan fingerprint density at radius 1 is 1.81 bits per heavy atom. The van der Waals surface area contributed by atoms with Crippen molar-refractivity contribution in [3.63, 3.8) is 0 Å². The van der Waals surface area contributed by atoms with Crippen LogP contribution in [0.3, 0.4) is 0 Å². The van der Waals surface area contributed by atoms with E-state index in [1.165, 1.54) is 16.8 Å². The fourth-order valence-corrected chi connectivity index (χ4v) is 2.57. The van der Waals surface area contributed by atoms with Crippen molar-refractivity contribution in [3.05, 3.63) is 11.2 Å². The first-order chi connectivity index (χ1) is 7.68. The Labute approximate surface area is 97.5 Å². The van der Waals surface area contributed by atoms with Crippen LogP contribution in [-0.4, -0.2) is 34.8 Å². The van der Waals surface area contributed by atoms with E-state index in [1.807, 2.05) is 6.92 Å². The van der Waals surface area contributed by atoms with Crippen molar-refractivity contribution in [3.8, 4) is 0 Å². The van der Waals surface area contributed by atoms with E-state index in [1.54, 1.807) is 0 Å². The van der Waals surface area contributed by atoms with Gasteiger partial charge in [-0.3, -0.25) is 0 Å². The highest BCUT2D eigenvalue weighted by Crippen LogP contribution is 2.24. The molecule has 1 fully saturated rings. The Hall–Kier alpha value is -1.14. The molecular weight excluding hydrogens is 228 g/mol. The summed E-state index contributed by atoms with van der Waals surface area (Å²) in [5.41, 5.74) is 1.63. The molecule has 88 valence electrons. The first-order valence-corrected chi connectivity index (χ1v) is 6.11. The molecule has 0 bridgehead atoms. The number of ether oxygens (including phenoxy) is 1. The summed E-state index contributed by atoms with van der Waals surface area (Å²) < 4.78 is 5.54. The Balaban J connectivity index is 2.02. The van der Waals surface area contributed by atoms with Crippen molar-refractivity contribution in [1.82, 2.24) is 4.98 Å². The molecule has 0 amide bonds. The number of thiazole rings is 1. The van der Waals surface area contributed by atoms with E-state index in [9.17, 15) is 4.79 Å². The smallest absolute Gasteiger partial charge is 0.357 e. The summed E-state index contributed by atoms with van der Waals surface area (Å²) in [5.74, 6) is -0.997. The maximum absolute atomic E-state index is 10.9. The molecule has 1 saturated heterocycles. The van der Waals surface area contributed by atoms with Crippen LogP contribution in [0.25, 0.3) is 0 Å². The third-order valence-corrected chi connectivity index (χ3v) is 3.41. The number of carboxylic acids is 1. The molecule has 0 aromatic carbocycles. The molecule has 2 unspecified atom stereocenters. The number of rotatable bonds is 4. The SMILES string of the molecule is CC(Nc1scnc1C(=O)O)C1CCCO1. The fraction of sp³-hybridized carbons (Fsp3) is 0.600. The number of carboxylic acid groups (broad SMARTS) is 1. The third kappa shape index (κ3) is 2.33. The number of carbonyl (C=O) groups is 1. The minimum Gasteiger partial charge on any atom is -0.476 e. The molecule has 0 aliphatic carbocycles. The number of hydrogen-bond donors (Lipinski definition) is 2. The lowest BCUT2D eigenvalue weighted by Crippen LogP contribution is -2.30. The molecule has 2 rings (SSSR count). The first kappa shape index (κ1) is 11.3. The van der Waals surface area contributed by atoms with Gasteiger partial charge in [-0.15, -0.1) is 11.3 Å². The molecule has 6 heteroatoms. The van der Waals surface area contributed by atoms with Gasteiger partial charge < -0.3 is 15.2 Å². The molecule has 0 saturated carbocycles. The molecular formula is C10H14N2O3S. The minimum atomic E-state index is -0.997. The Bertz CT molecular complexity index is 374. The number of anilines is 1. The van der Waals surface area contributed by atoms with Crippen molar-refractivity contribution in [2.75, 3.05) is 11.9 Å². The second-order valence-electron chi connectivity index (χ2n) is 3.82. The van der Waals surface area contributed by atoms with E-state index in [2.05, 4.69) is 10.3 Å². The zero-order chi connectivity index (χ0) is 11.5. The van der Waals surface area contributed by atoms with Crippen molar-refractivity contribution in [2.45, 2.75) is 31.9 Å². The second kappa shape index (κ2) is 4.80. The van der Waals surface area contributed by atoms with Gasteiger partial charge in [-0.1, -0.05) is 0 Å². The van der Waals surface area contributed by atoms with E-state index in [-0.39, 0.29) is 17.8 Å². The molecule has 1 aromatic heterocycles. The van der Waals surface area contributed by atoms with Crippen LogP contribution in [0.4, 0.5) is 5.00 Å². The van der Waals surface area contributed by atoms with Gasteiger partial charge in [-0.05, 0) is 19.8 Å². The predicted molar refractivity (Wildman–Crippen MR) is 61.1 cm³/mol. The van der Waals surface area contributed by atoms with Gasteiger partial charge in [0, 0.05) is 6.61 Å². The van der Waals surface area contributed by atoms with Gasteiger partial charge in [-0.2, -0.15) is 0 Å². The summed E-state index contributed by atoms with van der Waals surface area (Å²) in [4.78, 5) is 14.7. The predicted octanol–water partition coefficient (Wildman–Crippen LogP) is 1.82. The molecule has 0 radical (unpaired) electrons. The lowest BCUT2D eigenvalue weighted by atomic mass is 10.1. The third-order valence-electron chi connectivity index (χ3n) is 2.65. The maximum Gasteiger partial charge on any atom is 0.357 e. The monoisotopic (exact) mass is 242 g/mol. The maximum atomic E-state index is 10.9. The second-order valence-corrected chi connectivity index (χ2v) is 4.67. The highest BCUT2D eigenvalue weighted by Gasteiger charge is 2.24. The van der Waals surface area contributed by atoms with Gasteiger partial charge in [-0.25, -0.2) is 9.78 Å². The number of aromatic nitrogens is 1. The molecule has 1 aliphatic rings. The average molecular weight is 242 g/mol. The van der Waals surface area contributed by atoms with E-state index in [4.69, 9.17) is 9.84 Å². The van der Waals surface area contributed by atoms with Crippen LogP contribution >= 0.6 is 11.3 Å². The average Bonchev–Trinajstić information content (AvgIpc) is 2.86. The van der Waals surface area contributed by atoms with Gasteiger partial charge in [0.25, 0.3) is 0 Å². The Morgan fingerprint density at radius 3 is 3.25 bits per heavy atom. The number of aromatic carboxylic acids is 1. The van der Waals surface area contributed by atoms with Gasteiger partial charge in [0.2, 0.25) is 0 Å². The highest BCUT2D eigenvalue weighted by atomic mass is 32.1. The van der Waals surface area contributed by atoms with Crippen LogP contribution in [0.1, 0.15) is 30.3 Å². The van der Waals surface area contributed by atoms with Crippen LogP contribution in [-0.2, 0) is 4.74 Å². The van der Waals surface area contributed by atoms with Crippen molar-refractivity contribution < 1.29 is 14.6 Å². The molecule has 2 N–H and O–H groups in total. The number of hydrogen-bond acceptors (Lipinski definition) is 5. The molecule has 16 heavy (non-hydrogen) atoms. The van der Waals surface area contributed by atoms with E-state index < -0.39 is 5.97 Å². The molecule has 1 aliphatic heterocycles. The number of nitrogens with one attached hydrogen (secondary N) is 1. The highest BCUT2D eigenvalue weighted by molar-refractivity contribution is 7.14. The van der Waals surface area contributed by atoms with Crippen LogP contribution < -0.4 is 5.32 Å². The summed E-state index contributed by atoms with van der Waals surface area (Å²) in [6.07, 6.45) is 2.27. The minimum absolute atomic E-state index is 0.0925. The van der Waals surface area contributed by atoms with Gasteiger partial charge in [0.15, 0.2) is 5.69 Å². The van der Waals surface area contributed by atoms with E-state index in [0.717, 1.165) is 19.4 Å². The lowest BCUT2D eigenvalue weighted by molar-refractivity contribution is 0.0691.